The minimum Gasteiger partial charge on any atom is -0.332 e. The Morgan fingerprint density at radius 3 is 2.55 bits per heavy atom. The average molecular weight is 430 g/mol. The van der Waals surface area contributed by atoms with E-state index in [9.17, 15) is 22.8 Å². The van der Waals surface area contributed by atoms with Crippen LogP contribution in [-0.2, 0) is 11.0 Å². The molecule has 0 aliphatic carbocycles. The number of piperidine rings is 1. The first-order chi connectivity index (χ1) is 13.4. The molecule has 2 N–H and O–H groups in total. The van der Waals surface area contributed by atoms with Crippen molar-refractivity contribution in [2.75, 3.05) is 18.4 Å². The molecule has 1 aromatic rings. The molecule has 0 bridgehead atoms. The molecule has 1 atom stereocenters. The molecule has 2 aliphatic heterocycles. The lowest BCUT2D eigenvalue weighted by Gasteiger charge is -2.38. The van der Waals surface area contributed by atoms with E-state index >= 15 is 0 Å². The van der Waals surface area contributed by atoms with E-state index < -0.39 is 28.0 Å². The van der Waals surface area contributed by atoms with Crippen molar-refractivity contribution in [2.45, 2.75) is 68.4 Å². The van der Waals surface area contributed by atoms with Crippen molar-refractivity contribution >= 4 is 29.3 Å². The Morgan fingerprint density at radius 1 is 1.31 bits per heavy atom. The van der Waals surface area contributed by atoms with Gasteiger partial charge in [0, 0.05) is 23.5 Å². The number of alkyl halides is 3. The number of amides is 2. The van der Waals surface area contributed by atoms with Crippen molar-refractivity contribution < 1.29 is 22.8 Å². The van der Waals surface area contributed by atoms with Gasteiger partial charge >= 0.3 is 6.18 Å². The summed E-state index contributed by atoms with van der Waals surface area (Å²) >= 11 is 1.07. The molecule has 0 spiro atoms. The number of hydrogen-bond acceptors (Lipinski definition) is 4. The van der Waals surface area contributed by atoms with E-state index in [2.05, 4.69) is 10.6 Å². The molecule has 2 aliphatic rings. The van der Waals surface area contributed by atoms with Crippen molar-refractivity contribution in [1.29, 1.82) is 0 Å². The summed E-state index contributed by atoms with van der Waals surface area (Å²) in [5, 5.41) is 5.87. The van der Waals surface area contributed by atoms with Crippen LogP contribution in [0.3, 0.4) is 0 Å². The van der Waals surface area contributed by atoms with Crippen molar-refractivity contribution in [1.82, 2.24) is 10.2 Å². The molecule has 29 heavy (non-hydrogen) atoms. The van der Waals surface area contributed by atoms with Gasteiger partial charge in [0.15, 0.2) is 0 Å². The van der Waals surface area contributed by atoms with Gasteiger partial charge < -0.3 is 15.5 Å². The molecule has 1 aromatic carbocycles. The third-order valence-corrected chi connectivity index (χ3v) is 6.52. The number of carbonyl (C=O) groups is 2. The molecule has 1 fully saturated rings. The first-order valence-corrected chi connectivity index (χ1v) is 10.5. The highest BCUT2D eigenvalue weighted by Crippen LogP contribution is 2.46. The maximum Gasteiger partial charge on any atom is 0.417 e. The largest absolute Gasteiger partial charge is 0.417 e. The standard InChI is InChI=1S/C20H26F3N3O2S/c1-11(2)26(12-6-5-7-24-10-12)17(27)13-8-15-16(9-14(13)20(21,22)23)29-19(3,4)18(28)25-15/h8-9,11-12,24H,5-7,10H2,1-4H3,(H,25,28)/t12-/m1/s1. The number of halogens is 3. The van der Waals surface area contributed by atoms with Gasteiger partial charge in [0.2, 0.25) is 5.91 Å². The van der Waals surface area contributed by atoms with E-state index in [1.54, 1.807) is 27.7 Å². The van der Waals surface area contributed by atoms with Crippen LogP contribution in [0.4, 0.5) is 18.9 Å². The maximum absolute atomic E-state index is 13.9. The third-order valence-electron chi connectivity index (χ3n) is 5.27. The predicted molar refractivity (Wildman–Crippen MR) is 107 cm³/mol. The summed E-state index contributed by atoms with van der Waals surface area (Å²) in [5.74, 6) is -0.960. The molecule has 5 nitrogen and oxygen atoms in total. The summed E-state index contributed by atoms with van der Waals surface area (Å²) < 4.78 is 40.7. The molecule has 2 heterocycles. The van der Waals surface area contributed by atoms with E-state index in [0.717, 1.165) is 37.2 Å². The van der Waals surface area contributed by atoms with Gasteiger partial charge in [-0.3, -0.25) is 9.59 Å². The van der Waals surface area contributed by atoms with Gasteiger partial charge in [0.05, 0.1) is 21.6 Å². The fourth-order valence-electron chi connectivity index (χ4n) is 3.80. The summed E-state index contributed by atoms with van der Waals surface area (Å²) in [6, 6.07) is 1.75. The highest BCUT2D eigenvalue weighted by Gasteiger charge is 2.42. The SMILES string of the molecule is CC(C)N(C(=O)c1cc2c(cc1C(F)(F)F)SC(C)(C)C(=O)N2)[C@@H]1CCCNC1. The number of rotatable bonds is 3. The lowest BCUT2D eigenvalue weighted by Crippen LogP contribution is -2.52. The fourth-order valence-corrected chi connectivity index (χ4v) is 4.89. The van der Waals surface area contributed by atoms with Crippen LogP contribution in [-0.4, -0.2) is 46.6 Å². The number of fused-ring (bicyclic) bond motifs is 1. The van der Waals surface area contributed by atoms with Crippen molar-refractivity contribution in [3.63, 3.8) is 0 Å². The van der Waals surface area contributed by atoms with Gasteiger partial charge in [-0.1, -0.05) is 0 Å². The Kier molecular flexibility index (Phi) is 5.93. The van der Waals surface area contributed by atoms with Crippen LogP contribution in [0.25, 0.3) is 0 Å². The smallest absolute Gasteiger partial charge is 0.332 e. The van der Waals surface area contributed by atoms with Crippen LogP contribution in [0.5, 0.6) is 0 Å². The minimum atomic E-state index is -4.68. The number of anilines is 1. The zero-order valence-electron chi connectivity index (χ0n) is 16.9. The number of benzene rings is 1. The third kappa shape index (κ3) is 4.40. The summed E-state index contributed by atoms with van der Waals surface area (Å²) in [6.07, 6.45) is -3.08. The van der Waals surface area contributed by atoms with Gasteiger partial charge in [-0.25, -0.2) is 0 Å². The van der Waals surface area contributed by atoms with Gasteiger partial charge in [0.1, 0.15) is 0 Å². The minimum absolute atomic E-state index is 0.170. The van der Waals surface area contributed by atoms with Crippen molar-refractivity contribution in [2.24, 2.45) is 0 Å². The molecule has 1 saturated heterocycles. The molecule has 0 unspecified atom stereocenters. The second-order valence-electron chi connectivity index (χ2n) is 8.26. The van der Waals surface area contributed by atoms with Gasteiger partial charge in [-0.15, -0.1) is 11.8 Å². The molecule has 2 amide bonds. The lowest BCUT2D eigenvalue weighted by molar-refractivity contribution is -0.138. The average Bonchev–Trinajstić information content (AvgIpc) is 2.61. The monoisotopic (exact) mass is 429 g/mol. The lowest BCUT2D eigenvalue weighted by atomic mass is 9.99. The quantitative estimate of drug-likeness (QED) is 0.759. The van der Waals surface area contributed by atoms with Gasteiger partial charge in [-0.05, 0) is 59.2 Å². The van der Waals surface area contributed by atoms with Crippen LogP contribution in [0, 0.1) is 0 Å². The Bertz CT molecular complexity index is 818. The van der Waals surface area contributed by atoms with Gasteiger partial charge in [-0.2, -0.15) is 13.2 Å². The number of thioether (sulfide) groups is 1. The highest BCUT2D eigenvalue weighted by molar-refractivity contribution is 8.01. The maximum atomic E-state index is 13.9. The fraction of sp³-hybridized carbons (Fsp3) is 0.600. The molecule has 9 heteroatoms. The Hall–Kier alpha value is -1.74. The molecule has 3 rings (SSSR count). The van der Waals surface area contributed by atoms with Crippen LogP contribution in [0.2, 0.25) is 0 Å². The molecule has 160 valence electrons. The zero-order valence-corrected chi connectivity index (χ0v) is 17.8. The van der Waals surface area contributed by atoms with Gasteiger partial charge in [0.25, 0.3) is 5.91 Å². The van der Waals surface area contributed by atoms with E-state index in [-0.39, 0.29) is 23.7 Å². The van der Waals surface area contributed by atoms with Crippen LogP contribution in [0.15, 0.2) is 17.0 Å². The summed E-state index contributed by atoms with van der Waals surface area (Å²) in [4.78, 5) is 27.4. The predicted octanol–water partition coefficient (Wildman–Crippen LogP) is 4.13. The Morgan fingerprint density at radius 2 is 2.00 bits per heavy atom. The first-order valence-electron chi connectivity index (χ1n) is 9.71. The molecular formula is C20H26F3N3O2S. The van der Waals surface area contributed by atoms with Crippen molar-refractivity contribution in [3.05, 3.63) is 23.3 Å². The number of carbonyl (C=O) groups excluding carboxylic acids is 2. The Balaban J connectivity index is 2.08. The van der Waals surface area contributed by atoms with E-state index in [1.165, 1.54) is 11.0 Å². The Labute approximate surface area is 172 Å². The number of nitrogens with zero attached hydrogens (tertiary/aromatic N) is 1. The number of hydrogen-bond donors (Lipinski definition) is 2. The zero-order chi connectivity index (χ0) is 21.6. The van der Waals surface area contributed by atoms with E-state index in [0.29, 0.717) is 11.4 Å². The molecular weight excluding hydrogens is 403 g/mol. The van der Waals surface area contributed by atoms with E-state index in [1.807, 2.05) is 0 Å². The second kappa shape index (κ2) is 7.83. The highest BCUT2D eigenvalue weighted by atomic mass is 32.2. The summed E-state index contributed by atoms with van der Waals surface area (Å²) in [6.45, 7) is 8.30. The summed E-state index contributed by atoms with van der Waals surface area (Å²) in [5.41, 5.74) is -1.13. The first kappa shape index (κ1) is 22.0. The topological polar surface area (TPSA) is 61.4 Å². The molecule has 0 aromatic heterocycles. The number of nitrogens with one attached hydrogen (secondary N) is 2. The van der Waals surface area contributed by atoms with Crippen LogP contribution in [0.1, 0.15) is 56.5 Å². The summed E-state index contributed by atoms with van der Waals surface area (Å²) in [7, 11) is 0. The van der Waals surface area contributed by atoms with Crippen LogP contribution < -0.4 is 10.6 Å². The molecule has 0 radical (unpaired) electrons. The van der Waals surface area contributed by atoms with Crippen LogP contribution >= 0.6 is 11.8 Å². The van der Waals surface area contributed by atoms with Crippen molar-refractivity contribution in [3.8, 4) is 0 Å². The normalized spacial score (nSPS) is 21.5. The molecule has 0 saturated carbocycles. The van der Waals surface area contributed by atoms with E-state index in [4.69, 9.17) is 0 Å². The second-order valence-corrected chi connectivity index (χ2v) is 9.93.